The van der Waals surface area contributed by atoms with Gasteiger partial charge >= 0.3 is 0 Å². The summed E-state index contributed by atoms with van der Waals surface area (Å²) >= 11 is 0. The summed E-state index contributed by atoms with van der Waals surface area (Å²) in [5.74, 6) is -8.84. The number of hydrogen-bond acceptors (Lipinski definition) is 17. The number of carbonyl (C=O) groups excluding carboxylic acids is 2. The number of H-pyrrole nitrogens is 4. The predicted octanol–water partition coefficient (Wildman–Crippen LogP) is 9.66. The van der Waals surface area contributed by atoms with Gasteiger partial charge in [-0.1, -0.05) is 107 Å². The fourth-order valence-electron chi connectivity index (χ4n) is 16.2. The van der Waals surface area contributed by atoms with Crippen LogP contribution in [0.2, 0.25) is 0 Å². The van der Waals surface area contributed by atoms with E-state index in [0.717, 1.165) is 43.6 Å². The Balaban J connectivity index is 1.04. The van der Waals surface area contributed by atoms with Gasteiger partial charge in [-0.3, -0.25) is 31.2 Å². The number of nitrogens with zero attached hydrogens (tertiary/aromatic N) is 11. The van der Waals surface area contributed by atoms with Crippen LogP contribution in [0.1, 0.15) is 146 Å². The van der Waals surface area contributed by atoms with Gasteiger partial charge in [0.2, 0.25) is 64.9 Å². The van der Waals surface area contributed by atoms with Crippen LogP contribution < -0.4 is 44.6 Å². The summed E-state index contributed by atoms with van der Waals surface area (Å²) in [6.45, 7) is 8.43. The van der Waals surface area contributed by atoms with E-state index >= 15 is 9.59 Å². The van der Waals surface area contributed by atoms with E-state index in [1.165, 1.54) is 9.80 Å². The quantitative estimate of drug-likeness (QED) is 0.00957. The Bertz CT molecular complexity index is 5430. The maximum absolute atomic E-state index is 16.1. The molecule has 0 bridgehead atoms. The number of aliphatic hydroxyl groups excluding tert-OH is 10. The number of aromatic nitrogens is 4. The zero-order valence-corrected chi connectivity index (χ0v) is 73.4. The minimum absolute atomic E-state index is 0.00310. The number of para-hydroxylation sites is 4. The van der Waals surface area contributed by atoms with Crippen molar-refractivity contribution in [1.82, 2.24) is 45.7 Å². The summed E-state index contributed by atoms with van der Waals surface area (Å²) in [7, 11) is 0. The number of aromatic amines is 4. The maximum Gasteiger partial charge on any atom is 0.248 e. The van der Waals surface area contributed by atoms with Crippen molar-refractivity contribution in [2.24, 2.45) is 85.4 Å². The SMILES string of the molecule is CCC(C)C(N)C(O)=NC(CC(C)C)C(O)=NC(CCCNC(=N)N)C(O)=NC(Cc1c[nH]c2ccccc12)C(=O)N1CCCC1C(O)=NC(Cc1c[nH]c2ccccc12)C(O)=NC(Cc1c[nH]c2ccccc12)C(=O)N1CCCC1C(O)=NC(Cc1c[nH]c2ccccc12)C(O)=NC(CCCNC(=N)N)C(O)=NC(CCCNC(=N)N)C(O)=NC(CCCCN)C(=N)O. The Morgan fingerprint density at radius 3 is 1.05 bits per heavy atom. The molecule has 39 nitrogen and oxygen atoms in total. The third-order valence-corrected chi connectivity index (χ3v) is 23.4. The fraction of sp³-hybridized carbons (Fsp3) is 0.478. The number of nitrogens with two attached hydrogens (primary N) is 5. The number of nitrogens with one attached hydrogen (secondary N) is 11. The highest BCUT2D eigenvalue weighted by Gasteiger charge is 2.41. The van der Waals surface area contributed by atoms with Crippen molar-refractivity contribution in [3.05, 3.63) is 144 Å². The second-order valence-electron chi connectivity index (χ2n) is 33.3. The second-order valence-corrected chi connectivity index (χ2v) is 33.3. The van der Waals surface area contributed by atoms with Gasteiger partial charge in [0.15, 0.2) is 23.8 Å². The van der Waals surface area contributed by atoms with Crippen molar-refractivity contribution in [2.45, 2.75) is 222 Å². The first-order valence-electron chi connectivity index (χ1n) is 44.1. The topological polar surface area (TPSA) is 679 Å². The van der Waals surface area contributed by atoms with Crippen molar-refractivity contribution < 1.29 is 60.7 Å². The van der Waals surface area contributed by atoms with E-state index in [1.54, 1.807) is 24.8 Å². The smallest absolute Gasteiger partial charge is 0.248 e. The van der Waals surface area contributed by atoms with Crippen molar-refractivity contribution in [3.63, 3.8) is 0 Å². The Morgan fingerprint density at radius 2 is 0.721 bits per heavy atom. The van der Waals surface area contributed by atoms with E-state index < -0.39 is 137 Å². The first kappa shape index (κ1) is 97.6. The summed E-state index contributed by atoms with van der Waals surface area (Å²) in [4.78, 5) is 89.7. The van der Waals surface area contributed by atoms with Gasteiger partial charge in [-0.15, -0.1) is 0 Å². The molecule has 31 N–H and O–H groups in total. The lowest BCUT2D eigenvalue weighted by molar-refractivity contribution is -0.133. The first-order valence-corrected chi connectivity index (χ1v) is 44.1. The largest absolute Gasteiger partial charge is 0.495 e. The summed E-state index contributed by atoms with van der Waals surface area (Å²) < 4.78 is 0. The highest BCUT2D eigenvalue weighted by atomic mass is 16.3. The van der Waals surface area contributed by atoms with Crippen molar-refractivity contribution in [2.75, 3.05) is 39.3 Å². The number of guanidine groups is 3. The number of amides is 2. The number of rotatable bonds is 49. The molecule has 2 amide bonds. The molecule has 39 heteroatoms. The van der Waals surface area contributed by atoms with Crippen molar-refractivity contribution >= 4 is 132 Å². The number of carbonyl (C=O) groups is 2. The van der Waals surface area contributed by atoms with Crippen LogP contribution in [0.3, 0.4) is 0 Å². The van der Waals surface area contributed by atoms with Gasteiger partial charge in [0.05, 0.1) is 6.04 Å². The van der Waals surface area contributed by atoms with Gasteiger partial charge in [0.1, 0.15) is 66.5 Å². The molecule has 8 aromatic rings. The van der Waals surface area contributed by atoms with Gasteiger partial charge in [-0.05, 0) is 155 Å². The minimum Gasteiger partial charge on any atom is -0.495 e. The molecule has 129 heavy (non-hydrogen) atoms. The molecule has 2 saturated heterocycles. The highest BCUT2D eigenvalue weighted by molar-refractivity contribution is 5.99. The van der Waals surface area contributed by atoms with Crippen LogP contribution in [-0.2, 0) is 35.3 Å². The Labute approximate surface area is 747 Å². The van der Waals surface area contributed by atoms with E-state index in [1.807, 2.05) is 125 Å². The molecule has 13 unspecified atom stereocenters. The lowest BCUT2D eigenvalue weighted by atomic mass is 9.99. The number of aliphatic imine (C=N–C) groups is 9. The molecule has 10 rings (SSSR count). The van der Waals surface area contributed by atoms with Crippen LogP contribution in [0, 0.1) is 33.5 Å². The predicted molar refractivity (Wildman–Crippen MR) is 510 cm³/mol. The summed E-state index contributed by atoms with van der Waals surface area (Å²) in [6.07, 6.45) is 9.88. The fourth-order valence-corrected chi connectivity index (χ4v) is 16.2. The molecule has 0 spiro atoms. The Kier molecular flexibility index (Phi) is 35.8. The van der Waals surface area contributed by atoms with E-state index in [-0.39, 0.29) is 158 Å². The maximum atomic E-state index is 16.1. The van der Waals surface area contributed by atoms with E-state index in [2.05, 4.69) is 60.8 Å². The van der Waals surface area contributed by atoms with Gasteiger partial charge in [0, 0.05) is 127 Å². The first-order chi connectivity index (χ1) is 61.9. The molecule has 0 radical (unpaired) electrons. The average Bonchev–Trinajstić information content (AvgIpc) is 1.69. The van der Waals surface area contributed by atoms with Crippen molar-refractivity contribution in [3.8, 4) is 0 Å². The number of hydrogen-bond donors (Lipinski definition) is 26. The number of unbranched alkanes of at least 4 members (excludes halogenated alkanes) is 1. The standard InChI is InChI=1S/C90H127N27O12/c1-5-51(4)75(92)85(127)113-68(41-50(2)3)80(122)109-67(32-18-38-102-90(98)99)79(121)114-71(44-54-48-105-62-27-12-8-23-58(54)62)86(128)116-39-19-34-74(116)84(126)112-70(43-53-47-104-61-26-11-7-22-57(53)61)82(124)115-72(45-55-49-106-63-28-13-9-24-59(55)63)87(129)117-40-20-33-73(117)83(125)111-69(42-52-46-103-60-25-10-6-21-56(52)60)81(123)110-66(31-17-37-101-89(96)97)78(120)108-65(30-16-36-100-88(94)95)77(119)107-64(76(93)118)29-14-15-35-91/h6-13,21-28,46-51,64-75,103-106H,5,14-20,29-45,91-92H2,1-4H3,(H2,93,118)(H,107,119)(H,108,120)(H,109,122)(H,110,123)(H,111,125)(H,112,126)(H,113,127)(H,114,121)(H,115,124)(H4,94,95,100)(H4,96,97,101)(H4,98,99,102). The van der Waals surface area contributed by atoms with Crippen LogP contribution in [0.5, 0.6) is 0 Å². The Morgan fingerprint density at radius 1 is 0.419 bits per heavy atom. The zero-order chi connectivity index (χ0) is 93.0. The van der Waals surface area contributed by atoms with E-state index in [0.29, 0.717) is 60.9 Å². The molecule has 2 aliphatic rings. The molecule has 6 heterocycles. The molecule has 4 aromatic carbocycles. The number of fused-ring (bicyclic) bond motifs is 4. The molecular weight excluding hydrogens is 1650 g/mol. The number of likely N-dealkylation sites (tertiary alicyclic amines) is 2. The summed E-state index contributed by atoms with van der Waals surface area (Å²) in [6, 6.07) is 14.2. The Hall–Kier alpha value is -13.6. The molecule has 2 fully saturated rings. The average molecular weight is 1780 g/mol. The van der Waals surface area contributed by atoms with Crippen LogP contribution in [0.15, 0.2) is 167 Å². The van der Waals surface area contributed by atoms with Gasteiger partial charge in [0.25, 0.3) is 0 Å². The molecule has 2 aliphatic heterocycles. The van der Waals surface area contributed by atoms with Crippen LogP contribution >= 0.6 is 0 Å². The molecule has 13 atom stereocenters. The molecule has 0 aliphatic carbocycles. The van der Waals surface area contributed by atoms with Crippen LogP contribution in [-0.4, -0.2) is 281 Å². The molecular formula is C90H127N27O12. The highest BCUT2D eigenvalue weighted by Crippen LogP contribution is 2.31. The van der Waals surface area contributed by atoms with Gasteiger partial charge in [-0.25, -0.2) is 44.9 Å². The van der Waals surface area contributed by atoms with Crippen LogP contribution in [0.25, 0.3) is 43.6 Å². The second kappa shape index (κ2) is 47.3. The third-order valence-electron chi connectivity index (χ3n) is 23.4. The lowest BCUT2D eigenvalue weighted by Gasteiger charge is -2.28. The monoisotopic (exact) mass is 1780 g/mol. The molecule has 694 valence electrons. The van der Waals surface area contributed by atoms with Gasteiger partial charge in [-0.2, -0.15) is 0 Å². The normalized spacial score (nSPS) is 18.2. The third kappa shape index (κ3) is 27.2. The van der Waals surface area contributed by atoms with Crippen molar-refractivity contribution in [1.29, 1.82) is 21.6 Å². The van der Waals surface area contributed by atoms with Crippen LogP contribution in [0.4, 0.5) is 0 Å². The molecule has 4 aromatic heterocycles. The lowest BCUT2D eigenvalue weighted by Crippen LogP contribution is -2.47. The summed E-state index contributed by atoms with van der Waals surface area (Å²) in [5, 5.41) is 164. The number of benzene rings is 4. The molecule has 0 saturated carbocycles. The summed E-state index contributed by atoms with van der Waals surface area (Å²) in [5.41, 5.74) is 34.5. The van der Waals surface area contributed by atoms with E-state index in [9.17, 15) is 51.1 Å². The number of aliphatic hydroxyl groups is 10. The van der Waals surface area contributed by atoms with Gasteiger partial charge < -0.3 is 125 Å². The zero-order valence-electron chi connectivity index (χ0n) is 73.4. The van der Waals surface area contributed by atoms with E-state index in [4.69, 9.17) is 70.3 Å². The minimum atomic E-state index is -1.50.